The number of amides is 2. The van der Waals surface area contributed by atoms with Crippen LogP contribution in [-0.4, -0.2) is 55.4 Å². The summed E-state index contributed by atoms with van der Waals surface area (Å²) in [6, 6.07) is 11.4. The number of benzene rings is 1. The Kier molecular flexibility index (Phi) is 7.63. The molecule has 0 radical (unpaired) electrons. The van der Waals surface area contributed by atoms with Gasteiger partial charge in [0, 0.05) is 45.2 Å². The monoisotopic (exact) mass is 384 g/mol. The van der Waals surface area contributed by atoms with E-state index in [1.165, 1.54) is 5.56 Å². The third-order valence-corrected chi connectivity index (χ3v) is 4.73. The summed E-state index contributed by atoms with van der Waals surface area (Å²) in [6.45, 7) is 3.75. The second-order valence-electron chi connectivity index (χ2n) is 6.85. The summed E-state index contributed by atoms with van der Waals surface area (Å²) in [5, 5.41) is 5.97. The van der Waals surface area contributed by atoms with Gasteiger partial charge in [-0.15, -0.1) is 0 Å². The van der Waals surface area contributed by atoms with Crippen molar-refractivity contribution in [3.05, 3.63) is 54.4 Å². The zero-order valence-corrected chi connectivity index (χ0v) is 16.3. The molecule has 0 aliphatic carbocycles. The highest BCUT2D eigenvalue weighted by Gasteiger charge is 2.21. The van der Waals surface area contributed by atoms with Crippen LogP contribution in [0.15, 0.2) is 48.8 Å². The maximum Gasteiger partial charge on any atom is 0.319 e. The van der Waals surface area contributed by atoms with E-state index in [9.17, 15) is 4.79 Å². The molecule has 1 fully saturated rings. The number of urea groups is 1. The first-order valence-corrected chi connectivity index (χ1v) is 9.64. The molecule has 2 N–H and O–H groups in total. The number of anilines is 1. The Morgan fingerprint density at radius 2 is 2.00 bits per heavy atom. The first-order chi connectivity index (χ1) is 13.7. The average Bonchev–Trinajstić information content (AvgIpc) is 2.72. The number of ether oxygens (including phenoxy) is 2. The van der Waals surface area contributed by atoms with Gasteiger partial charge in [0.05, 0.1) is 12.3 Å². The number of pyridine rings is 1. The molecule has 1 saturated heterocycles. The summed E-state index contributed by atoms with van der Waals surface area (Å²) >= 11 is 0. The number of nitrogens with one attached hydrogen (secondary N) is 2. The molecule has 1 aliphatic heterocycles. The summed E-state index contributed by atoms with van der Waals surface area (Å²) in [6.07, 6.45) is 5.56. The number of hydrogen-bond donors (Lipinski definition) is 2. The minimum absolute atomic E-state index is 0.173. The number of hydrogen-bond acceptors (Lipinski definition) is 5. The van der Waals surface area contributed by atoms with Gasteiger partial charge >= 0.3 is 6.03 Å². The van der Waals surface area contributed by atoms with Crippen LogP contribution < -0.4 is 15.4 Å². The maximum atomic E-state index is 12.4. The van der Waals surface area contributed by atoms with Crippen molar-refractivity contribution < 1.29 is 14.3 Å². The predicted molar refractivity (Wildman–Crippen MR) is 109 cm³/mol. The summed E-state index contributed by atoms with van der Waals surface area (Å²) in [4.78, 5) is 19.0. The van der Waals surface area contributed by atoms with E-state index in [4.69, 9.17) is 9.47 Å². The van der Waals surface area contributed by atoms with Crippen molar-refractivity contribution in [2.75, 3.05) is 38.7 Å². The van der Waals surface area contributed by atoms with Crippen LogP contribution in [-0.2, 0) is 11.3 Å². The molecule has 150 valence electrons. The molecule has 7 nitrogen and oxygen atoms in total. The van der Waals surface area contributed by atoms with Crippen molar-refractivity contribution in [1.29, 1.82) is 0 Å². The minimum Gasteiger partial charge on any atom is -0.489 e. The average molecular weight is 384 g/mol. The molecule has 2 heterocycles. The molecule has 0 unspecified atom stereocenters. The maximum absolute atomic E-state index is 12.4. The number of methoxy groups -OCH3 is 1. The second kappa shape index (κ2) is 10.6. The molecule has 3 rings (SSSR count). The molecule has 1 aliphatic rings. The van der Waals surface area contributed by atoms with Crippen LogP contribution in [0.1, 0.15) is 18.4 Å². The van der Waals surface area contributed by atoms with Gasteiger partial charge in [0.15, 0.2) is 0 Å². The van der Waals surface area contributed by atoms with Crippen molar-refractivity contribution in [3.8, 4) is 5.75 Å². The number of piperidine rings is 1. The van der Waals surface area contributed by atoms with E-state index < -0.39 is 0 Å². The summed E-state index contributed by atoms with van der Waals surface area (Å²) in [5.74, 6) is 0.640. The molecule has 1 aromatic heterocycles. The molecule has 2 aromatic rings. The predicted octanol–water partition coefficient (Wildman–Crippen LogP) is 2.89. The fourth-order valence-corrected chi connectivity index (χ4v) is 3.26. The van der Waals surface area contributed by atoms with Crippen molar-refractivity contribution in [1.82, 2.24) is 15.2 Å². The SMILES string of the molecule is COCCOc1ccccc1NC(=O)NC1CCN(Cc2cccnc2)CC1. The number of aromatic nitrogens is 1. The Bertz CT molecular complexity index is 733. The molecule has 1 aromatic carbocycles. The van der Waals surface area contributed by atoms with E-state index in [0.29, 0.717) is 24.7 Å². The third-order valence-electron chi connectivity index (χ3n) is 4.73. The largest absolute Gasteiger partial charge is 0.489 e. The zero-order chi connectivity index (χ0) is 19.6. The first-order valence-electron chi connectivity index (χ1n) is 9.64. The van der Waals surface area contributed by atoms with E-state index in [-0.39, 0.29) is 12.1 Å². The Morgan fingerprint density at radius 3 is 2.75 bits per heavy atom. The number of likely N-dealkylation sites (tertiary alicyclic amines) is 1. The first kappa shape index (κ1) is 20.1. The highest BCUT2D eigenvalue weighted by molar-refractivity contribution is 5.91. The molecule has 28 heavy (non-hydrogen) atoms. The smallest absolute Gasteiger partial charge is 0.319 e. The van der Waals surface area contributed by atoms with Crippen LogP contribution >= 0.6 is 0 Å². The number of para-hydroxylation sites is 2. The van der Waals surface area contributed by atoms with Gasteiger partial charge in [0.25, 0.3) is 0 Å². The van der Waals surface area contributed by atoms with E-state index in [1.807, 2.05) is 36.5 Å². The Hall–Kier alpha value is -2.64. The van der Waals surface area contributed by atoms with Crippen LogP contribution in [0, 0.1) is 0 Å². The Morgan fingerprint density at radius 1 is 1.18 bits per heavy atom. The quantitative estimate of drug-likeness (QED) is 0.685. The van der Waals surface area contributed by atoms with Crippen LogP contribution in [0.3, 0.4) is 0 Å². The van der Waals surface area contributed by atoms with Gasteiger partial charge in [-0.1, -0.05) is 18.2 Å². The van der Waals surface area contributed by atoms with E-state index in [2.05, 4.69) is 26.6 Å². The number of carbonyl (C=O) groups excluding carboxylic acids is 1. The van der Waals surface area contributed by atoms with Crippen LogP contribution in [0.25, 0.3) is 0 Å². The van der Waals surface area contributed by atoms with Gasteiger partial charge in [-0.3, -0.25) is 9.88 Å². The van der Waals surface area contributed by atoms with Crippen LogP contribution in [0.4, 0.5) is 10.5 Å². The van der Waals surface area contributed by atoms with Crippen LogP contribution in [0.5, 0.6) is 5.75 Å². The normalized spacial score (nSPS) is 15.2. The van der Waals surface area contributed by atoms with E-state index in [1.54, 1.807) is 13.3 Å². The fraction of sp³-hybridized carbons (Fsp3) is 0.429. The van der Waals surface area contributed by atoms with Crippen LogP contribution in [0.2, 0.25) is 0 Å². The fourth-order valence-electron chi connectivity index (χ4n) is 3.26. The number of rotatable bonds is 8. The Balaban J connectivity index is 1.43. The van der Waals surface area contributed by atoms with Crippen molar-refractivity contribution in [2.45, 2.75) is 25.4 Å². The topological polar surface area (TPSA) is 75.7 Å². The van der Waals surface area contributed by atoms with E-state index >= 15 is 0 Å². The summed E-state index contributed by atoms with van der Waals surface area (Å²) in [5.41, 5.74) is 1.88. The standard InChI is InChI=1S/C21H28N4O3/c1-27-13-14-28-20-7-3-2-6-19(20)24-21(26)23-18-8-11-25(12-9-18)16-17-5-4-10-22-15-17/h2-7,10,15,18H,8-9,11-14,16H2,1H3,(H2,23,24,26). The van der Waals surface area contributed by atoms with Crippen molar-refractivity contribution in [3.63, 3.8) is 0 Å². The molecule has 7 heteroatoms. The summed E-state index contributed by atoms with van der Waals surface area (Å²) in [7, 11) is 1.63. The molecule has 0 spiro atoms. The number of carbonyl (C=O) groups is 1. The van der Waals surface area contributed by atoms with Gasteiger partial charge in [-0.05, 0) is 36.6 Å². The lowest BCUT2D eigenvalue weighted by molar-refractivity contribution is 0.146. The summed E-state index contributed by atoms with van der Waals surface area (Å²) < 4.78 is 10.7. The lowest BCUT2D eigenvalue weighted by atomic mass is 10.0. The van der Waals surface area contributed by atoms with Gasteiger partial charge in [0.1, 0.15) is 12.4 Å². The zero-order valence-electron chi connectivity index (χ0n) is 16.3. The minimum atomic E-state index is -0.200. The lowest BCUT2D eigenvalue weighted by Gasteiger charge is -2.32. The number of nitrogens with zero attached hydrogens (tertiary/aromatic N) is 2. The molecular formula is C21H28N4O3. The van der Waals surface area contributed by atoms with E-state index in [0.717, 1.165) is 32.5 Å². The Labute approximate surface area is 166 Å². The highest BCUT2D eigenvalue weighted by Crippen LogP contribution is 2.23. The molecule has 0 bridgehead atoms. The molecule has 0 saturated carbocycles. The molecule has 2 amide bonds. The second-order valence-corrected chi connectivity index (χ2v) is 6.85. The third kappa shape index (κ3) is 6.21. The lowest BCUT2D eigenvalue weighted by Crippen LogP contribution is -2.45. The van der Waals surface area contributed by atoms with Gasteiger partial charge in [-0.2, -0.15) is 0 Å². The highest BCUT2D eigenvalue weighted by atomic mass is 16.5. The van der Waals surface area contributed by atoms with Gasteiger partial charge < -0.3 is 20.1 Å². The van der Waals surface area contributed by atoms with Gasteiger partial charge in [-0.25, -0.2) is 4.79 Å². The van der Waals surface area contributed by atoms with Gasteiger partial charge in [0.2, 0.25) is 0 Å². The molecule has 0 atom stereocenters. The molecular weight excluding hydrogens is 356 g/mol. The van der Waals surface area contributed by atoms with Crippen molar-refractivity contribution >= 4 is 11.7 Å². The van der Waals surface area contributed by atoms with Crippen molar-refractivity contribution in [2.24, 2.45) is 0 Å².